The van der Waals surface area contributed by atoms with E-state index in [1.54, 1.807) is 12.4 Å². The third-order valence-corrected chi connectivity index (χ3v) is 4.81. The molecule has 0 spiro atoms. The van der Waals surface area contributed by atoms with Crippen LogP contribution in [0.3, 0.4) is 0 Å². The molecule has 2 aromatic carbocycles. The first-order valence-electron chi connectivity index (χ1n) is 9.78. The molecule has 0 aliphatic carbocycles. The fourth-order valence-electron chi connectivity index (χ4n) is 3.16. The van der Waals surface area contributed by atoms with Crippen LogP contribution in [-0.4, -0.2) is 20.4 Å². The summed E-state index contributed by atoms with van der Waals surface area (Å²) in [6, 6.07) is 21.8. The van der Waals surface area contributed by atoms with Gasteiger partial charge in [-0.15, -0.1) is 0 Å². The van der Waals surface area contributed by atoms with Gasteiger partial charge in [0.05, 0.1) is 0 Å². The van der Waals surface area contributed by atoms with E-state index in [2.05, 4.69) is 32.7 Å². The van der Waals surface area contributed by atoms with Gasteiger partial charge in [0.25, 0.3) is 5.91 Å². The van der Waals surface area contributed by atoms with Crippen molar-refractivity contribution in [2.45, 2.75) is 13.1 Å². The monoisotopic (exact) mass is 397 g/mol. The molecule has 0 unspecified atom stereocenters. The van der Waals surface area contributed by atoms with E-state index in [4.69, 9.17) is 0 Å². The smallest absolute Gasteiger partial charge is 0.268 e. The largest absolute Gasteiger partial charge is 0.350 e. The lowest BCUT2D eigenvalue weighted by Crippen LogP contribution is -2.24. The summed E-state index contributed by atoms with van der Waals surface area (Å²) in [6.07, 6.45) is 5.44. The van der Waals surface area contributed by atoms with Gasteiger partial charge in [-0.25, -0.2) is 9.97 Å². The van der Waals surface area contributed by atoms with Crippen molar-refractivity contribution in [2.75, 3.05) is 5.32 Å². The van der Waals surface area contributed by atoms with E-state index in [1.165, 1.54) is 5.56 Å². The van der Waals surface area contributed by atoms with Crippen molar-refractivity contribution in [3.8, 4) is 11.1 Å². The third-order valence-electron chi connectivity index (χ3n) is 4.81. The Bertz CT molecular complexity index is 1110. The number of aryl methyl sites for hydroxylation is 1. The van der Waals surface area contributed by atoms with Crippen LogP contribution in [0, 0.1) is 0 Å². The topological polar surface area (TPSA) is 71.8 Å². The van der Waals surface area contributed by atoms with Crippen LogP contribution in [0.25, 0.3) is 11.1 Å². The highest BCUT2D eigenvalue weighted by Gasteiger charge is 2.13. The van der Waals surface area contributed by atoms with E-state index in [9.17, 15) is 4.79 Å². The Labute approximate surface area is 175 Å². The molecule has 150 valence electrons. The molecule has 0 fully saturated rings. The molecule has 0 saturated carbocycles. The normalized spacial score (nSPS) is 10.6. The molecule has 2 heterocycles. The Kier molecular flexibility index (Phi) is 5.85. The van der Waals surface area contributed by atoms with Crippen molar-refractivity contribution in [3.05, 3.63) is 102 Å². The maximum atomic E-state index is 12.6. The highest BCUT2D eigenvalue weighted by molar-refractivity contribution is 5.94. The fourth-order valence-corrected chi connectivity index (χ4v) is 3.16. The molecule has 0 aliphatic rings. The number of carbonyl (C=O) groups excluding carboxylic acids is 1. The Morgan fingerprint density at radius 2 is 1.47 bits per heavy atom. The zero-order valence-electron chi connectivity index (χ0n) is 16.7. The van der Waals surface area contributed by atoms with Crippen LogP contribution in [0.1, 0.15) is 21.6 Å². The number of anilines is 1. The number of carbonyl (C=O) groups is 1. The summed E-state index contributed by atoms with van der Waals surface area (Å²) in [7, 11) is 1.86. The lowest BCUT2D eigenvalue weighted by molar-refractivity contribution is 0.0943. The molecular formula is C24H23N5O. The van der Waals surface area contributed by atoms with Gasteiger partial charge >= 0.3 is 0 Å². The van der Waals surface area contributed by atoms with E-state index in [0.29, 0.717) is 24.7 Å². The summed E-state index contributed by atoms with van der Waals surface area (Å²) in [4.78, 5) is 21.4. The van der Waals surface area contributed by atoms with Gasteiger partial charge in [0.2, 0.25) is 5.95 Å². The number of amides is 1. The first-order chi connectivity index (χ1) is 14.7. The summed E-state index contributed by atoms with van der Waals surface area (Å²) in [5.74, 6) is 0.453. The summed E-state index contributed by atoms with van der Waals surface area (Å²) < 4.78 is 1.82. The van der Waals surface area contributed by atoms with Crippen LogP contribution in [-0.2, 0) is 20.1 Å². The minimum atomic E-state index is -0.116. The predicted octanol–water partition coefficient (Wildman–Crippen LogP) is 4.02. The van der Waals surface area contributed by atoms with Gasteiger partial charge in [-0.2, -0.15) is 0 Å². The molecule has 2 N–H and O–H groups in total. The van der Waals surface area contributed by atoms with Crippen LogP contribution in [0.15, 0.2) is 85.3 Å². The molecule has 0 aliphatic heterocycles. The first kappa shape index (κ1) is 19.4. The molecule has 6 nitrogen and oxygen atoms in total. The second kappa shape index (κ2) is 9.05. The molecule has 1 amide bonds. The average molecular weight is 397 g/mol. The zero-order chi connectivity index (χ0) is 20.8. The van der Waals surface area contributed by atoms with Crippen LogP contribution < -0.4 is 10.6 Å². The quantitative estimate of drug-likeness (QED) is 0.494. The molecular weight excluding hydrogens is 374 g/mol. The minimum absolute atomic E-state index is 0.116. The van der Waals surface area contributed by atoms with Crippen LogP contribution in [0.5, 0.6) is 0 Å². The van der Waals surface area contributed by atoms with Crippen LogP contribution >= 0.6 is 0 Å². The third kappa shape index (κ3) is 4.72. The summed E-state index contributed by atoms with van der Waals surface area (Å²) in [5, 5.41) is 6.18. The average Bonchev–Trinajstić information content (AvgIpc) is 3.19. The second-order valence-corrected chi connectivity index (χ2v) is 7.03. The van der Waals surface area contributed by atoms with E-state index < -0.39 is 0 Å². The predicted molar refractivity (Wildman–Crippen MR) is 118 cm³/mol. The van der Waals surface area contributed by atoms with Crippen molar-refractivity contribution in [1.29, 1.82) is 0 Å². The summed E-state index contributed by atoms with van der Waals surface area (Å²) in [6.45, 7) is 1.16. The number of aromatic nitrogens is 3. The zero-order valence-corrected chi connectivity index (χ0v) is 16.7. The van der Waals surface area contributed by atoms with E-state index in [1.807, 2.05) is 72.4 Å². The molecule has 2 aromatic heterocycles. The lowest BCUT2D eigenvalue weighted by Gasteiger charge is -2.05. The first-order valence-corrected chi connectivity index (χ1v) is 9.78. The van der Waals surface area contributed by atoms with Gasteiger partial charge in [-0.3, -0.25) is 4.79 Å². The van der Waals surface area contributed by atoms with E-state index in [-0.39, 0.29) is 5.91 Å². The molecule has 0 bridgehead atoms. The minimum Gasteiger partial charge on any atom is -0.350 e. The number of rotatable bonds is 7. The Morgan fingerprint density at radius 1 is 0.867 bits per heavy atom. The highest BCUT2D eigenvalue weighted by atomic mass is 16.1. The standard InChI is InChI=1S/C24H23N5O/c1-29-17-20(12-22(29)23(30)25-13-18-8-4-2-5-9-18)21-15-27-24(28-16-21)26-14-19-10-6-3-7-11-19/h2-12,15-17H,13-14H2,1H3,(H,25,30)(H,26,27,28). The number of hydrogen-bond donors (Lipinski definition) is 2. The van der Waals surface area contributed by atoms with Crippen LogP contribution in [0.2, 0.25) is 0 Å². The van der Waals surface area contributed by atoms with Crippen molar-refractivity contribution >= 4 is 11.9 Å². The molecule has 4 rings (SSSR count). The van der Waals surface area contributed by atoms with Crippen molar-refractivity contribution in [1.82, 2.24) is 19.9 Å². The molecule has 0 saturated heterocycles. The van der Waals surface area contributed by atoms with Gasteiger partial charge in [0.1, 0.15) is 5.69 Å². The maximum absolute atomic E-state index is 12.6. The van der Waals surface area contributed by atoms with Gasteiger partial charge in [-0.1, -0.05) is 60.7 Å². The molecule has 6 heteroatoms. The van der Waals surface area contributed by atoms with E-state index in [0.717, 1.165) is 16.7 Å². The number of benzene rings is 2. The Balaban J connectivity index is 1.40. The summed E-state index contributed by atoms with van der Waals surface area (Å²) in [5.41, 5.74) is 4.58. The van der Waals surface area contributed by atoms with Crippen molar-refractivity contribution < 1.29 is 4.79 Å². The number of hydrogen-bond acceptors (Lipinski definition) is 4. The fraction of sp³-hybridized carbons (Fsp3) is 0.125. The Morgan fingerprint density at radius 3 is 2.10 bits per heavy atom. The van der Waals surface area contributed by atoms with Gasteiger partial charge in [0.15, 0.2) is 0 Å². The molecule has 30 heavy (non-hydrogen) atoms. The highest BCUT2D eigenvalue weighted by Crippen LogP contribution is 2.21. The Hall–Kier alpha value is -3.93. The van der Waals surface area contributed by atoms with Crippen molar-refractivity contribution in [2.24, 2.45) is 7.05 Å². The lowest BCUT2D eigenvalue weighted by atomic mass is 10.2. The van der Waals surface area contributed by atoms with E-state index >= 15 is 0 Å². The molecule has 4 aromatic rings. The SMILES string of the molecule is Cn1cc(-c2cnc(NCc3ccccc3)nc2)cc1C(=O)NCc1ccccc1. The van der Waals surface area contributed by atoms with Crippen LogP contribution in [0.4, 0.5) is 5.95 Å². The number of nitrogens with one attached hydrogen (secondary N) is 2. The molecule has 0 atom stereocenters. The van der Waals surface area contributed by atoms with Gasteiger partial charge in [-0.05, 0) is 17.2 Å². The van der Waals surface area contributed by atoms with Crippen molar-refractivity contribution in [3.63, 3.8) is 0 Å². The van der Waals surface area contributed by atoms with Gasteiger partial charge in [0, 0.05) is 49.9 Å². The maximum Gasteiger partial charge on any atom is 0.268 e. The summed E-state index contributed by atoms with van der Waals surface area (Å²) >= 11 is 0. The van der Waals surface area contributed by atoms with Gasteiger partial charge < -0.3 is 15.2 Å². The molecule has 0 radical (unpaired) electrons. The number of nitrogens with zero attached hydrogens (tertiary/aromatic N) is 3. The second-order valence-electron chi connectivity index (χ2n) is 7.03.